The van der Waals surface area contributed by atoms with Crippen LogP contribution in [-0.2, 0) is 31.2 Å². The topological polar surface area (TPSA) is 0 Å². The molecule has 2 unspecified atom stereocenters. The molecule has 0 fully saturated rings. The van der Waals surface area contributed by atoms with Gasteiger partial charge >= 0.3 is 276 Å². The van der Waals surface area contributed by atoms with Gasteiger partial charge in [-0.2, -0.15) is 0 Å². The zero-order valence-corrected chi connectivity index (χ0v) is 34.1. The molecule has 0 bridgehead atoms. The van der Waals surface area contributed by atoms with E-state index >= 15 is 0 Å². The fourth-order valence-electron chi connectivity index (χ4n) is 7.92. The molecule has 0 nitrogen and oxygen atoms in total. The number of halogens is 2. The van der Waals surface area contributed by atoms with Crippen LogP contribution in [0, 0.1) is 13.8 Å². The standard InChI is InChI=1S/2C15H19.C12H10Si.2ClH.Zr/c2*1-10-8-12-11(2)6-7-14(13(12)9-10)15(3,4)5;1-3-7-11(8-4-1)13-12-9-5-2-6-10-12;;;/h2*6-9H,1-5H3;1-10H;2*1H;/q;;;;;+2/p-2. The Morgan fingerprint density at radius 1 is 0.500 bits per heavy atom. The van der Waals surface area contributed by atoms with Gasteiger partial charge in [-0.15, -0.1) is 0 Å². The number of aryl methyl sites for hydroxylation is 2. The van der Waals surface area contributed by atoms with E-state index < -0.39 is 25.8 Å². The molecule has 238 valence electrons. The van der Waals surface area contributed by atoms with Crippen LogP contribution in [0.15, 0.2) is 96.1 Å². The third-order valence-corrected chi connectivity index (χ3v) is 30.9. The van der Waals surface area contributed by atoms with Gasteiger partial charge in [-0.05, 0) is 0 Å². The van der Waals surface area contributed by atoms with Crippen molar-refractivity contribution in [3.05, 3.63) is 141 Å². The third-order valence-electron chi connectivity index (χ3n) is 9.89. The van der Waals surface area contributed by atoms with Crippen LogP contribution in [0.25, 0.3) is 12.2 Å². The number of allylic oxidation sites excluding steroid dienone is 2. The minimum atomic E-state index is -2.63. The van der Waals surface area contributed by atoms with Crippen molar-refractivity contribution in [1.29, 1.82) is 0 Å². The van der Waals surface area contributed by atoms with E-state index in [-0.39, 0.29) is 35.6 Å². The van der Waals surface area contributed by atoms with Crippen molar-refractivity contribution in [3.63, 3.8) is 0 Å². The molecule has 0 aliphatic heterocycles. The summed E-state index contributed by atoms with van der Waals surface area (Å²) in [5, 5.41) is 3.18. The molecule has 4 aromatic rings. The Morgan fingerprint density at radius 3 is 1.17 bits per heavy atom. The number of benzene rings is 4. The van der Waals surface area contributed by atoms with Crippen molar-refractivity contribution in [1.82, 2.24) is 0 Å². The van der Waals surface area contributed by atoms with Crippen LogP contribution >= 0.6 is 0 Å². The molecule has 0 aromatic heterocycles. The van der Waals surface area contributed by atoms with Crippen molar-refractivity contribution in [2.75, 3.05) is 0 Å². The van der Waals surface area contributed by atoms with Gasteiger partial charge < -0.3 is 24.8 Å². The molecular weight excluding hydrogens is 695 g/mol. The van der Waals surface area contributed by atoms with Gasteiger partial charge in [0.1, 0.15) is 0 Å². The summed E-state index contributed by atoms with van der Waals surface area (Å²) in [5.41, 5.74) is 14.7. The molecule has 6 rings (SSSR count). The van der Waals surface area contributed by atoms with E-state index in [1.54, 1.807) is 32.6 Å². The minimum Gasteiger partial charge on any atom is -1.00 e. The third kappa shape index (κ3) is 6.54. The number of hydrogen-bond donors (Lipinski definition) is 0. The summed E-state index contributed by atoms with van der Waals surface area (Å²) in [5.74, 6) is 0. The van der Waals surface area contributed by atoms with Gasteiger partial charge in [0.2, 0.25) is 0 Å². The van der Waals surface area contributed by atoms with Crippen LogP contribution in [0.2, 0.25) is 0 Å². The van der Waals surface area contributed by atoms with Gasteiger partial charge in [0.05, 0.1) is 0 Å². The second kappa shape index (κ2) is 13.9. The molecule has 0 spiro atoms. The van der Waals surface area contributed by atoms with Crippen molar-refractivity contribution in [2.24, 2.45) is 0 Å². The van der Waals surface area contributed by atoms with E-state index in [0.29, 0.717) is 7.25 Å². The molecule has 0 saturated carbocycles. The summed E-state index contributed by atoms with van der Waals surface area (Å²) in [4.78, 5) is 0. The average molecular weight is 743 g/mol. The SMILES string of the molecule is CC1=Cc2c(C(C)(C)C)ccc(C)c2[CH]1[Zr+2]([CH]1C(C)=Cc2c(C(C)(C)C)ccc(C)c21)=[Si](c1ccccc1)c1ccccc1.[Cl-].[Cl-]. The fourth-order valence-corrected chi connectivity index (χ4v) is 33.6. The van der Waals surface area contributed by atoms with E-state index in [1.165, 1.54) is 33.4 Å². The maximum atomic E-state index is 2.61. The summed E-state index contributed by atoms with van der Waals surface area (Å²) in [6, 6.07) is 33.1. The smallest absolute Gasteiger partial charge is 1.00 e. The predicted molar refractivity (Wildman–Crippen MR) is 190 cm³/mol. The maximum Gasteiger partial charge on any atom is -1.00 e. The van der Waals surface area contributed by atoms with Gasteiger partial charge in [-0.25, -0.2) is 0 Å². The maximum absolute atomic E-state index is 2.63. The Morgan fingerprint density at radius 2 is 0.848 bits per heavy atom. The van der Waals surface area contributed by atoms with Gasteiger partial charge in [0, 0.05) is 0 Å². The van der Waals surface area contributed by atoms with Gasteiger partial charge in [0.15, 0.2) is 0 Å². The quantitative estimate of drug-likeness (QED) is 0.278. The molecule has 0 N–H and O–H groups in total. The fraction of sp³-hybridized carbons (Fsp3) is 0.333. The largest absolute Gasteiger partial charge is 1.00 e. The van der Waals surface area contributed by atoms with Gasteiger partial charge in [0.25, 0.3) is 0 Å². The summed E-state index contributed by atoms with van der Waals surface area (Å²) in [6.45, 7) is 24.0. The first-order valence-corrected chi connectivity index (χ1v) is 24.3. The number of hydrogen-bond acceptors (Lipinski definition) is 0. The predicted octanol–water partition coefficient (Wildman–Crippen LogP) is 3.95. The van der Waals surface area contributed by atoms with Crippen molar-refractivity contribution >= 4 is 28.0 Å². The van der Waals surface area contributed by atoms with E-state index in [9.17, 15) is 0 Å². The monoisotopic (exact) mass is 740 g/mol. The van der Waals surface area contributed by atoms with E-state index in [2.05, 4.69) is 166 Å². The molecule has 4 aromatic carbocycles. The Kier molecular flexibility index (Phi) is 11.1. The normalized spacial score (nSPS) is 16.6. The second-order valence-electron chi connectivity index (χ2n) is 15.2. The van der Waals surface area contributed by atoms with Crippen LogP contribution < -0.4 is 35.2 Å². The summed E-state index contributed by atoms with van der Waals surface area (Å²) in [7, 11) is 0. The Balaban J connectivity index is 0.00000240. The number of rotatable bonds is 4. The molecular formula is C42H48Cl2SiZr. The molecule has 2 aliphatic carbocycles. The van der Waals surface area contributed by atoms with E-state index in [0.717, 1.165) is 0 Å². The van der Waals surface area contributed by atoms with Crippen LogP contribution in [0.5, 0.6) is 0 Å². The summed E-state index contributed by atoms with van der Waals surface area (Å²) < 4.78 is 1.09. The van der Waals surface area contributed by atoms with Crippen molar-refractivity contribution in [2.45, 2.75) is 87.3 Å². The molecule has 0 radical (unpaired) electrons. The van der Waals surface area contributed by atoms with E-state index in [1.807, 2.05) is 0 Å². The summed E-state index contributed by atoms with van der Waals surface area (Å²) >= 11 is -2.63. The van der Waals surface area contributed by atoms with Crippen molar-refractivity contribution in [3.8, 4) is 0 Å². The molecule has 0 saturated heterocycles. The molecule has 46 heavy (non-hydrogen) atoms. The zero-order chi connectivity index (χ0) is 31.6. The minimum absolute atomic E-state index is 0. The molecule has 2 aliphatic rings. The van der Waals surface area contributed by atoms with Gasteiger partial charge in [-0.3, -0.25) is 0 Å². The van der Waals surface area contributed by atoms with Crippen LogP contribution in [0.1, 0.15) is 107 Å². The first-order valence-electron chi connectivity index (χ1n) is 16.3. The second-order valence-corrected chi connectivity index (χ2v) is 29.3. The Bertz CT molecular complexity index is 1720. The molecule has 2 atom stereocenters. The molecule has 0 heterocycles. The Labute approximate surface area is 298 Å². The number of fused-ring (bicyclic) bond motifs is 2. The summed E-state index contributed by atoms with van der Waals surface area (Å²) in [6.07, 6.45) is 5.22. The van der Waals surface area contributed by atoms with Crippen LogP contribution in [0.3, 0.4) is 0 Å². The first kappa shape index (κ1) is 36.9. The average Bonchev–Trinajstić information content (AvgIpc) is 3.48. The molecule has 4 heteroatoms. The van der Waals surface area contributed by atoms with E-state index in [4.69, 9.17) is 0 Å². The van der Waals surface area contributed by atoms with Gasteiger partial charge in [-0.1, -0.05) is 0 Å². The van der Waals surface area contributed by atoms with Crippen LogP contribution in [-0.4, -0.2) is 5.43 Å². The van der Waals surface area contributed by atoms with Crippen molar-refractivity contribution < 1.29 is 45.2 Å². The molecule has 0 amide bonds. The van der Waals surface area contributed by atoms with Crippen LogP contribution in [0.4, 0.5) is 0 Å². The zero-order valence-electron chi connectivity index (χ0n) is 29.1. The Hall–Kier alpha value is -1.96. The first-order chi connectivity index (χ1) is 20.8.